The first-order chi connectivity index (χ1) is 13.0. The monoisotopic (exact) mass is 364 g/mol. The molecule has 0 spiro atoms. The van der Waals surface area contributed by atoms with Gasteiger partial charge in [0.05, 0.1) is 23.3 Å². The summed E-state index contributed by atoms with van der Waals surface area (Å²) in [6, 6.07) is 5.66. The molecule has 2 aromatic rings. The number of aliphatic hydroxyl groups is 1. The van der Waals surface area contributed by atoms with Crippen LogP contribution in [0.1, 0.15) is 27.9 Å². The highest BCUT2D eigenvalue weighted by molar-refractivity contribution is 6.28. The fourth-order valence-corrected chi connectivity index (χ4v) is 3.91. The Morgan fingerprint density at radius 2 is 2.07 bits per heavy atom. The quantitative estimate of drug-likeness (QED) is 0.808. The lowest BCUT2D eigenvalue weighted by Gasteiger charge is -2.30. The van der Waals surface area contributed by atoms with E-state index in [1.807, 2.05) is 36.9 Å². The van der Waals surface area contributed by atoms with Gasteiger partial charge >= 0.3 is 0 Å². The normalized spacial score (nSPS) is 23.0. The number of hydrogen-bond acceptors (Lipinski definition) is 7. The summed E-state index contributed by atoms with van der Waals surface area (Å²) in [6.07, 6.45) is 2.00. The molecule has 1 saturated heterocycles. The summed E-state index contributed by atoms with van der Waals surface area (Å²) in [4.78, 5) is 24.0. The number of aromatic nitrogens is 1. The number of benzene rings is 1. The fraction of sp³-hybridized carbons (Fsp3) is 0.350. The first-order valence-electron chi connectivity index (χ1n) is 9.09. The van der Waals surface area contributed by atoms with Gasteiger partial charge in [-0.3, -0.25) is 4.79 Å². The zero-order valence-corrected chi connectivity index (χ0v) is 15.2. The third-order valence-corrected chi connectivity index (χ3v) is 5.59. The summed E-state index contributed by atoms with van der Waals surface area (Å²) in [5.74, 6) is 0.666. The standard InChI is InChI=1S/C20H20N4O3/c1-11-7-14-15(8-12(11)2)23-19-20(26,17(14)25)3-5-24(19)13-9-16-18(22-10-13)27-6-4-21-16/h7-10,21,26H,3-6H2,1-2H3/t20-/m1/s1. The highest BCUT2D eigenvalue weighted by Crippen LogP contribution is 2.41. The van der Waals surface area contributed by atoms with Gasteiger partial charge in [-0.25, -0.2) is 9.98 Å². The molecule has 0 unspecified atom stereocenters. The van der Waals surface area contributed by atoms with Crippen LogP contribution in [0.3, 0.4) is 0 Å². The average Bonchev–Trinajstić information content (AvgIpc) is 3.01. The largest absolute Gasteiger partial charge is 0.474 e. The van der Waals surface area contributed by atoms with Gasteiger partial charge in [0, 0.05) is 25.1 Å². The van der Waals surface area contributed by atoms with Gasteiger partial charge in [-0.15, -0.1) is 0 Å². The van der Waals surface area contributed by atoms with Crippen molar-refractivity contribution in [1.82, 2.24) is 4.98 Å². The summed E-state index contributed by atoms with van der Waals surface area (Å²) in [6.45, 7) is 5.75. The SMILES string of the molecule is Cc1cc2c(cc1C)C(=O)[C@]1(O)CCN(c3cnc4c(c3)NCCO4)C1=N2. The smallest absolute Gasteiger partial charge is 0.237 e. The zero-order valence-electron chi connectivity index (χ0n) is 15.2. The molecule has 0 amide bonds. The van der Waals surface area contributed by atoms with E-state index < -0.39 is 5.60 Å². The number of aryl methyl sites for hydroxylation is 2. The van der Waals surface area contributed by atoms with E-state index in [-0.39, 0.29) is 5.78 Å². The van der Waals surface area contributed by atoms with Gasteiger partial charge in [-0.1, -0.05) is 0 Å². The lowest BCUT2D eigenvalue weighted by Crippen LogP contribution is -2.48. The third-order valence-electron chi connectivity index (χ3n) is 5.59. The number of ketones is 1. The molecular formula is C20H20N4O3. The molecule has 7 heteroatoms. The lowest BCUT2D eigenvalue weighted by molar-refractivity contribution is 0.0602. The van der Waals surface area contributed by atoms with Crippen molar-refractivity contribution in [3.63, 3.8) is 0 Å². The maximum absolute atomic E-state index is 13.1. The maximum atomic E-state index is 13.1. The molecule has 0 aliphatic carbocycles. The molecule has 1 aromatic heterocycles. The Morgan fingerprint density at radius 3 is 2.93 bits per heavy atom. The summed E-state index contributed by atoms with van der Waals surface area (Å²) in [5.41, 5.74) is 3.19. The summed E-state index contributed by atoms with van der Waals surface area (Å²) >= 11 is 0. The molecule has 1 aromatic carbocycles. The van der Waals surface area contributed by atoms with Crippen LogP contribution >= 0.6 is 0 Å². The van der Waals surface area contributed by atoms with Crippen molar-refractivity contribution in [3.05, 3.63) is 41.1 Å². The molecule has 27 heavy (non-hydrogen) atoms. The van der Waals surface area contributed by atoms with Crippen LogP contribution in [-0.2, 0) is 0 Å². The van der Waals surface area contributed by atoms with E-state index in [9.17, 15) is 9.90 Å². The van der Waals surface area contributed by atoms with E-state index in [0.717, 1.165) is 22.5 Å². The molecule has 138 valence electrons. The summed E-state index contributed by atoms with van der Waals surface area (Å²) in [5, 5.41) is 14.4. The van der Waals surface area contributed by atoms with E-state index in [4.69, 9.17) is 9.73 Å². The second kappa shape index (κ2) is 5.53. The van der Waals surface area contributed by atoms with E-state index >= 15 is 0 Å². The number of ether oxygens (including phenoxy) is 1. The molecule has 5 rings (SSSR count). The number of carbonyl (C=O) groups is 1. The minimum atomic E-state index is -1.59. The van der Waals surface area contributed by atoms with Crippen LogP contribution in [0.4, 0.5) is 17.1 Å². The van der Waals surface area contributed by atoms with E-state index in [1.165, 1.54) is 0 Å². The van der Waals surface area contributed by atoms with Crippen LogP contribution in [0.5, 0.6) is 5.88 Å². The number of nitrogens with zero attached hydrogens (tertiary/aromatic N) is 3. The number of nitrogens with one attached hydrogen (secondary N) is 1. The van der Waals surface area contributed by atoms with Crippen molar-refractivity contribution < 1.29 is 14.6 Å². The van der Waals surface area contributed by atoms with Gasteiger partial charge in [0.15, 0.2) is 5.60 Å². The Hall–Kier alpha value is -2.93. The molecule has 0 bridgehead atoms. The molecule has 3 aliphatic rings. The highest BCUT2D eigenvalue weighted by Gasteiger charge is 2.52. The van der Waals surface area contributed by atoms with Crippen LogP contribution in [0.25, 0.3) is 0 Å². The van der Waals surface area contributed by atoms with Crippen molar-refractivity contribution in [1.29, 1.82) is 0 Å². The molecule has 1 atom stereocenters. The van der Waals surface area contributed by atoms with E-state index in [0.29, 0.717) is 49.1 Å². The van der Waals surface area contributed by atoms with Crippen LogP contribution in [-0.4, -0.2) is 47.0 Å². The molecule has 0 saturated carbocycles. The predicted molar refractivity (Wildman–Crippen MR) is 102 cm³/mol. The highest BCUT2D eigenvalue weighted by atomic mass is 16.5. The molecule has 0 radical (unpaired) electrons. The van der Waals surface area contributed by atoms with E-state index in [1.54, 1.807) is 6.20 Å². The number of Topliss-reactive ketones (excluding diaryl/α,β-unsaturated/α-hetero) is 1. The van der Waals surface area contributed by atoms with Crippen LogP contribution in [0.15, 0.2) is 29.4 Å². The molecular weight excluding hydrogens is 344 g/mol. The third kappa shape index (κ3) is 2.28. The van der Waals surface area contributed by atoms with Crippen molar-refractivity contribution >= 4 is 28.7 Å². The number of hydrogen-bond donors (Lipinski definition) is 2. The maximum Gasteiger partial charge on any atom is 0.237 e. The Morgan fingerprint density at radius 1 is 1.26 bits per heavy atom. The van der Waals surface area contributed by atoms with Crippen LogP contribution in [0, 0.1) is 13.8 Å². The van der Waals surface area contributed by atoms with Gasteiger partial charge in [0.1, 0.15) is 12.4 Å². The Bertz CT molecular complexity index is 1020. The second-order valence-corrected chi connectivity index (χ2v) is 7.30. The first kappa shape index (κ1) is 16.3. The molecule has 2 N–H and O–H groups in total. The minimum Gasteiger partial charge on any atom is -0.474 e. The van der Waals surface area contributed by atoms with Gasteiger partial charge in [0.2, 0.25) is 11.7 Å². The molecule has 1 fully saturated rings. The second-order valence-electron chi connectivity index (χ2n) is 7.30. The first-order valence-corrected chi connectivity index (χ1v) is 9.09. The molecule has 7 nitrogen and oxygen atoms in total. The number of rotatable bonds is 1. The van der Waals surface area contributed by atoms with Gasteiger partial charge in [-0.2, -0.15) is 0 Å². The Kier molecular flexibility index (Phi) is 3.33. The van der Waals surface area contributed by atoms with Gasteiger partial charge in [0.25, 0.3) is 0 Å². The summed E-state index contributed by atoms with van der Waals surface area (Å²) < 4.78 is 5.53. The number of aliphatic imine (C=N–C) groups is 1. The molecule has 4 heterocycles. The lowest BCUT2D eigenvalue weighted by atomic mass is 9.86. The molecule has 3 aliphatic heterocycles. The Labute approximate surface area is 156 Å². The topological polar surface area (TPSA) is 87.0 Å². The van der Waals surface area contributed by atoms with Crippen molar-refractivity contribution in [3.8, 4) is 5.88 Å². The predicted octanol–water partition coefficient (Wildman–Crippen LogP) is 2.37. The minimum absolute atomic E-state index is 0.277. The Balaban J connectivity index is 1.62. The van der Waals surface area contributed by atoms with Crippen molar-refractivity contribution in [2.45, 2.75) is 25.9 Å². The number of amidine groups is 1. The number of fused-ring (bicyclic) bond motifs is 3. The number of anilines is 2. The van der Waals surface area contributed by atoms with Crippen molar-refractivity contribution in [2.24, 2.45) is 4.99 Å². The van der Waals surface area contributed by atoms with Crippen LogP contribution in [0.2, 0.25) is 0 Å². The van der Waals surface area contributed by atoms with Gasteiger partial charge in [-0.05, 0) is 43.2 Å². The summed E-state index contributed by atoms with van der Waals surface area (Å²) in [7, 11) is 0. The number of carbonyl (C=O) groups excluding carboxylic acids is 1. The fourth-order valence-electron chi connectivity index (χ4n) is 3.91. The van der Waals surface area contributed by atoms with E-state index in [2.05, 4.69) is 10.3 Å². The average molecular weight is 364 g/mol. The van der Waals surface area contributed by atoms with Crippen LogP contribution < -0.4 is 15.0 Å². The zero-order chi connectivity index (χ0) is 18.8. The van der Waals surface area contributed by atoms with Crippen molar-refractivity contribution in [2.75, 3.05) is 29.9 Å². The number of pyridine rings is 1. The van der Waals surface area contributed by atoms with Gasteiger partial charge < -0.3 is 20.1 Å².